The predicted octanol–water partition coefficient (Wildman–Crippen LogP) is 3.84. The minimum Gasteiger partial charge on any atom is -0.349 e. The van der Waals surface area contributed by atoms with Crippen LogP contribution in [0.5, 0.6) is 0 Å². The number of nitrogens with one attached hydrogen (secondary N) is 1. The number of amides is 1. The molecule has 7 nitrogen and oxygen atoms in total. The van der Waals surface area contributed by atoms with Crippen molar-refractivity contribution in [3.63, 3.8) is 0 Å². The average Bonchev–Trinajstić information content (AvgIpc) is 3.56. The first-order valence-corrected chi connectivity index (χ1v) is 12.1. The van der Waals surface area contributed by atoms with Gasteiger partial charge in [-0.25, -0.2) is 0 Å². The number of carbonyl (C=O) groups is 1. The molecule has 0 radical (unpaired) electrons. The van der Waals surface area contributed by atoms with Crippen molar-refractivity contribution in [1.82, 2.24) is 19.2 Å². The Kier molecular flexibility index (Phi) is 5.71. The molecule has 1 aliphatic heterocycles. The van der Waals surface area contributed by atoms with Gasteiger partial charge in [0.05, 0.1) is 11.1 Å². The summed E-state index contributed by atoms with van der Waals surface area (Å²) < 4.78 is 3.42. The minimum absolute atomic E-state index is 0.0740. The number of nitrogens with zero attached hydrogens (tertiary/aromatic N) is 4. The lowest BCUT2D eigenvalue weighted by molar-refractivity contribution is 0.0928. The summed E-state index contributed by atoms with van der Waals surface area (Å²) in [4.78, 5) is 29.6. The summed E-state index contributed by atoms with van der Waals surface area (Å²) in [5.74, 6) is -0.201. The highest BCUT2D eigenvalue weighted by molar-refractivity contribution is 6.00. The number of aromatic nitrogens is 2. The number of fused-ring (bicyclic) bond motifs is 3. The highest BCUT2D eigenvalue weighted by Crippen LogP contribution is 2.31. The Hall–Kier alpha value is -3.11. The monoisotopic (exact) mass is 445 g/mol. The molecule has 33 heavy (non-hydrogen) atoms. The largest absolute Gasteiger partial charge is 0.349 e. The van der Waals surface area contributed by atoms with Gasteiger partial charge in [0.1, 0.15) is 17.3 Å². The Morgan fingerprint density at radius 2 is 1.94 bits per heavy atom. The first-order valence-electron chi connectivity index (χ1n) is 12.1. The van der Waals surface area contributed by atoms with Crippen molar-refractivity contribution >= 4 is 22.3 Å². The maximum atomic E-state index is 13.6. The van der Waals surface area contributed by atoms with E-state index in [4.69, 9.17) is 0 Å². The van der Waals surface area contributed by atoms with Gasteiger partial charge in [-0.1, -0.05) is 31.0 Å². The van der Waals surface area contributed by atoms with E-state index in [0.717, 1.165) is 50.6 Å². The van der Waals surface area contributed by atoms with Crippen molar-refractivity contribution in [2.45, 2.75) is 70.5 Å². The first-order chi connectivity index (χ1) is 16.0. The Labute approximate surface area is 193 Å². The molecule has 0 spiro atoms. The number of hydrogen-bond donors (Lipinski definition) is 1. The van der Waals surface area contributed by atoms with Crippen LogP contribution >= 0.6 is 0 Å². The third-order valence-corrected chi connectivity index (χ3v) is 7.46. The fraction of sp³-hybridized carbons (Fsp3) is 0.500. The molecule has 5 rings (SSSR count). The summed E-state index contributed by atoms with van der Waals surface area (Å²) in [5, 5.41) is 13.8. The number of hydrogen-bond acceptors (Lipinski definition) is 4. The summed E-state index contributed by atoms with van der Waals surface area (Å²) in [6, 6.07) is 10.5. The minimum atomic E-state index is -0.201. The highest BCUT2D eigenvalue weighted by atomic mass is 16.2. The van der Waals surface area contributed by atoms with E-state index in [0.29, 0.717) is 40.8 Å². The van der Waals surface area contributed by atoms with Gasteiger partial charge in [0.15, 0.2) is 0 Å². The van der Waals surface area contributed by atoms with E-state index in [9.17, 15) is 14.9 Å². The SMILES string of the molecule is CC(C)N1CCC[C@H]1CNC(=O)c1cn(C2CCCC2)c(=O)c2c(C#N)c3ccccc3n12. The average molecular weight is 446 g/mol. The van der Waals surface area contributed by atoms with E-state index in [2.05, 4.69) is 30.1 Å². The topological polar surface area (TPSA) is 82.5 Å². The molecule has 2 aromatic heterocycles. The third-order valence-electron chi connectivity index (χ3n) is 7.46. The van der Waals surface area contributed by atoms with Crippen LogP contribution in [0.25, 0.3) is 16.4 Å². The zero-order chi connectivity index (χ0) is 23.1. The fourth-order valence-corrected chi connectivity index (χ4v) is 5.85. The van der Waals surface area contributed by atoms with Crippen LogP contribution in [0.4, 0.5) is 0 Å². The molecule has 1 N–H and O–H groups in total. The van der Waals surface area contributed by atoms with E-state index in [1.165, 1.54) is 0 Å². The Bertz CT molecular complexity index is 1310. The Morgan fingerprint density at radius 1 is 1.18 bits per heavy atom. The molecule has 2 fully saturated rings. The van der Waals surface area contributed by atoms with Crippen molar-refractivity contribution in [2.24, 2.45) is 0 Å². The van der Waals surface area contributed by atoms with E-state index >= 15 is 0 Å². The Balaban J connectivity index is 1.62. The van der Waals surface area contributed by atoms with E-state index in [1.807, 2.05) is 24.3 Å². The molecule has 0 unspecified atom stereocenters. The van der Waals surface area contributed by atoms with Crippen LogP contribution in [0.1, 0.15) is 74.5 Å². The molecule has 1 aliphatic carbocycles. The van der Waals surface area contributed by atoms with E-state index in [-0.39, 0.29) is 17.5 Å². The second-order valence-corrected chi connectivity index (χ2v) is 9.69. The molecule has 1 amide bonds. The second kappa shape index (κ2) is 8.68. The summed E-state index contributed by atoms with van der Waals surface area (Å²) in [6.45, 7) is 6.02. The van der Waals surface area contributed by atoms with Crippen LogP contribution in [0.2, 0.25) is 0 Å². The number of para-hydroxylation sites is 1. The van der Waals surface area contributed by atoms with Crippen molar-refractivity contribution in [3.8, 4) is 6.07 Å². The van der Waals surface area contributed by atoms with Crippen molar-refractivity contribution < 1.29 is 4.79 Å². The van der Waals surface area contributed by atoms with Gasteiger partial charge < -0.3 is 9.88 Å². The van der Waals surface area contributed by atoms with Crippen LogP contribution in [0.15, 0.2) is 35.3 Å². The molecule has 0 bridgehead atoms. The zero-order valence-electron chi connectivity index (χ0n) is 19.4. The van der Waals surface area contributed by atoms with Gasteiger partial charge in [0.25, 0.3) is 11.5 Å². The molecule has 2 aliphatic rings. The quantitative estimate of drug-likeness (QED) is 0.647. The summed E-state index contributed by atoms with van der Waals surface area (Å²) >= 11 is 0. The number of rotatable bonds is 5. The van der Waals surface area contributed by atoms with Crippen LogP contribution < -0.4 is 10.9 Å². The van der Waals surface area contributed by atoms with Crippen molar-refractivity contribution in [3.05, 3.63) is 52.1 Å². The van der Waals surface area contributed by atoms with Crippen molar-refractivity contribution in [2.75, 3.05) is 13.1 Å². The van der Waals surface area contributed by atoms with Gasteiger partial charge >= 0.3 is 0 Å². The lowest BCUT2D eigenvalue weighted by Crippen LogP contribution is -2.43. The predicted molar refractivity (Wildman–Crippen MR) is 129 cm³/mol. The van der Waals surface area contributed by atoms with Crippen LogP contribution in [-0.4, -0.2) is 44.9 Å². The van der Waals surface area contributed by atoms with Gasteiger partial charge in [-0.3, -0.25) is 18.9 Å². The summed E-state index contributed by atoms with van der Waals surface area (Å²) in [7, 11) is 0. The summed E-state index contributed by atoms with van der Waals surface area (Å²) in [6.07, 6.45) is 7.93. The molecule has 3 aromatic rings. The van der Waals surface area contributed by atoms with Gasteiger partial charge in [-0.05, 0) is 52.1 Å². The Morgan fingerprint density at radius 3 is 2.67 bits per heavy atom. The summed E-state index contributed by atoms with van der Waals surface area (Å²) in [5.41, 5.74) is 1.60. The molecule has 3 heterocycles. The highest BCUT2D eigenvalue weighted by Gasteiger charge is 2.29. The standard InChI is InChI=1S/C26H31N5O2/c1-17(2)29-13-7-10-19(29)15-28-25(32)23-16-30(18-8-3-4-9-18)26(33)24-21(14-27)20-11-5-6-12-22(20)31(23)24/h5-6,11-12,16-19H,3-4,7-10,13,15H2,1-2H3,(H,28,32)/t19-/m0/s1. The number of carbonyl (C=O) groups excluding carboxylic acids is 1. The third kappa shape index (κ3) is 3.63. The van der Waals surface area contributed by atoms with Crippen LogP contribution in [0.3, 0.4) is 0 Å². The molecule has 1 atom stereocenters. The molecule has 172 valence electrons. The zero-order valence-corrected chi connectivity index (χ0v) is 19.4. The van der Waals surface area contributed by atoms with Gasteiger partial charge in [0, 0.05) is 36.3 Å². The lowest BCUT2D eigenvalue weighted by Gasteiger charge is -2.28. The second-order valence-electron chi connectivity index (χ2n) is 9.69. The van der Waals surface area contributed by atoms with Crippen LogP contribution in [-0.2, 0) is 0 Å². The van der Waals surface area contributed by atoms with Crippen molar-refractivity contribution in [1.29, 1.82) is 5.26 Å². The number of likely N-dealkylation sites (tertiary alicyclic amines) is 1. The van der Waals surface area contributed by atoms with E-state index < -0.39 is 0 Å². The normalized spacial score (nSPS) is 19.6. The molecular formula is C26H31N5O2. The maximum absolute atomic E-state index is 13.6. The van der Waals surface area contributed by atoms with Gasteiger partial charge in [-0.15, -0.1) is 0 Å². The van der Waals surface area contributed by atoms with Gasteiger partial charge in [-0.2, -0.15) is 5.26 Å². The lowest BCUT2D eigenvalue weighted by atomic mass is 10.1. The molecule has 7 heteroatoms. The first kappa shape index (κ1) is 21.7. The maximum Gasteiger partial charge on any atom is 0.276 e. The fourth-order valence-electron chi connectivity index (χ4n) is 5.85. The molecular weight excluding hydrogens is 414 g/mol. The molecule has 1 saturated heterocycles. The number of nitriles is 1. The molecule has 1 aromatic carbocycles. The smallest absolute Gasteiger partial charge is 0.276 e. The van der Waals surface area contributed by atoms with E-state index in [1.54, 1.807) is 15.2 Å². The van der Waals surface area contributed by atoms with Gasteiger partial charge in [0.2, 0.25) is 0 Å². The van der Waals surface area contributed by atoms with Crippen LogP contribution in [0, 0.1) is 11.3 Å². The number of benzene rings is 1. The molecule has 1 saturated carbocycles.